The quantitative estimate of drug-likeness (QED) is 0.722. The van der Waals surface area contributed by atoms with Gasteiger partial charge in [-0.05, 0) is 49.3 Å². The maximum Gasteiger partial charge on any atom is 0.315 e. The second-order valence-corrected chi connectivity index (χ2v) is 6.38. The molecule has 1 aliphatic carbocycles. The number of aliphatic hydroxyl groups excluding tert-OH is 1. The van der Waals surface area contributed by atoms with Crippen LogP contribution in [0.3, 0.4) is 0 Å². The summed E-state index contributed by atoms with van der Waals surface area (Å²) >= 11 is 0. The van der Waals surface area contributed by atoms with Gasteiger partial charge in [-0.2, -0.15) is 0 Å². The zero-order valence-electron chi connectivity index (χ0n) is 14.0. The fourth-order valence-corrected chi connectivity index (χ4v) is 3.49. The van der Waals surface area contributed by atoms with Crippen LogP contribution in [0.2, 0.25) is 0 Å². The first kappa shape index (κ1) is 17.7. The minimum absolute atomic E-state index is 0.0147. The number of urea groups is 1. The van der Waals surface area contributed by atoms with Gasteiger partial charge >= 0.3 is 6.03 Å². The van der Waals surface area contributed by atoms with Crippen molar-refractivity contribution in [2.75, 3.05) is 6.61 Å². The first-order valence-corrected chi connectivity index (χ1v) is 8.82. The van der Waals surface area contributed by atoms with E-state index in [-0.39, 0.29) is 24.7 Å². The summed E-state index contributed by atoms with van der Waals surface area (Å²) in [7, 11) is 0. The largest absolute Gasteiger partial charge is 0.396 e. The van der Waals surface area contributed by atoms with Gasteiger partial charge in [0.25, 0.3) is 0 Å². The van der Waals surface area contributed by atoms with Gasteiger partial charge in [0.1, 0.15) is 0 Å². The van der Waals surface area contributed by atoms with E-state index in [0.29, 0.717) is 12.3 Å². The molecule has 1 fully saturated rings. The number of aliphatic hydroxyl groups is 1. The summed E-state index contributed by atoms with van der Waals surface area (Å²) in [5.74, 6) is 0.489. The highest BCUT2D eigenvalue weighted by molar-refractivity contribution is 5.74. The van der Waals surface area contributed by atoms with Crippen molar-refractivity contribution in [1.29, 1.82) is 0 Å². The first-order valence-electron chi connectivity index (χ1n) is 8.82. The molecule has 0 aromatic carbocycles. The molecule has 1 aromatic heterocycles. The van der Waals surface area contributed by atoms with Crippen molar-refractivity contribution in [3.05, 3.63) is 30.1 Å². The zero-order chi connectivity index (χ0) is 16.5. The van der Waals surface area contributed by atoms with E-state index in [1.54, 1.807) is 12.4 Å². The van der Waals surface area contributed by atoms with Crippen molar-refractivity contribution >= 4 is 6.03 Å². The van der Waals surface area contributed by atoms with Crippen LogP contribution in [0.15, 0.2) is 24.5 Å². The molecule has 1 heterocycles. The lowest BCUT2D eigenvalue weighted by Gasteiger charge is -2.31. The van der Waals surface area contributed by atoms with Crippen molar-refractivity contribution in [2.24, 2.45) is 5.92 Å². The average molecular weight is 319 g/mol. The number of carbonyl (C=O) groups excluding carboxylic acids is 1. The summed E-state index contributed by atoms with van der Waals surface area (Å²) < 4.78 is 0. The molecule has 2 rings (SSSR count). The molecule has 0 unspecified atom stereocenters. The number of amides is 2. The Labute approximate surface area is 138 Å². The fourth-order valence-electron chi connectivity index (χ4n) is 3.49. The van der Waals surface area contributed by atoms with Crippen molar-refractivity contribution in [1.82, 2.24) is 15.6 Å². The molecule has 23 heavy (non-hydrogen) atoms. The first-order chi connectivity index (χ1) is 11.2. The van der Waals surface area contributed by atoms with Gasteiger partial charge in [0.2, 0.25) is 0 Å². The monoisotopic (exact) mass is 319 g/mol. The third kappa shape index (κ3) is 5.50. The summed E-state index contributed by atoms with van der Waals surface area (Å²) in [5, 5.41) is 15.5. The molecular weight excluding hydrogens is 290 g/mol. The van der Waals surface area contributed by atoms with Gasteiger partial charge < -0.3 is 15.7 Å². The maximum atomic E-state index is 12.4. The number of aromatic nitrogens is 1. The van der Waals surface area contributed by atoms with Crippen molar-refractivity contribution in [3.8, 4) is 0 Å². The standard InChI is InChI=1S/C18H29N3O2/c1-2-16(15-8-11-19-12-9-15)20-18(23)21-17(10-13-22)14-6-4-3-5-7-14/h8-9,11-12,14,16-17,22H,2-7,10,13H2,1H3,(H2,20,21,23)/t16-,17+/m0/s1. The number of nitrogens with zero attached hydrogens (tertiary/aromatic N) is 1. The van der Waals surface area contributed by atoms with E-state index in [4.69, 9.17) is 0 Å². The molecule has 0 bridgehead atoms. The lowest BCUT2D eigenvalue weighted by atomic mass is 9.83. The Morgan fingerprint density at radius 1 is 1.26 bits per heavy atom. The van der Waals surface area contributed by atoms with Crippen LogP contribution in [0.1, 0.15) is 63.5 Å². The van der Waals surface area contributed by atoms with Crippen LogP contribution in [0, 0.1) is 5.92 Å². The minimum atomic E-state index is -0.141. The van der Waals surface area contributed by atoms with E-state index in [1.807, 2.05) is 12.1 Å². The molecule has 5 nitrogen and oxygen atoms in total. The van der Waals surface area contributed by atoms with Gasteiger partial charge in [0.15, 0.2) is 0 Å². The van der Waals surface area contributed by atoms with E-state index in [9.17, 15) is 9.90 Å². The molecule has 1 saturated carbocycles. The highest BCUT2D eigenvalue weighted by atomic mass is 16.3. The Morgan fingerprint density at radius 2 is 1.96 bits per heavy atom. The van der Waals surface area contributed by atoms with Gasteiger partial charge in [0, 0.05) is 25.0 Å². The van der Waals surface area contributed by atoms with Crippen molar-refractivity contribution < 1.29 is 9.90 Å². The predicted octanol–water partition coefficient (Wildman–Crippen LogP) is 3.16. The van der Waals surface area contributed by atoms with Gasteiger partial charge in [-0.1, -0.05) is 26.2 Å². The molecule has 2 atom stereocenters. The maximum absolute atomic E-state index is 12.4. The third-order valence-electron chi connectivity index (χ3n) is 4.80. The predicted molar refractivity (Wildman–Crippen MR) is 91.0 cm³/mol. The molecule has 5 heteroatoms. The second-order valence-electron chi connectivity index (χ2n) is 6.38. The van der Waals surface area contributed by atoms with Gasteiger partial charge in [-0.3, -0.25) is 4.98 Å². The van der Waals surface area contributed by atoms with E-state index in [1.165, 1.54) is 19.3 Å². The molecule has 2 amide bonds. The summed E-state index contributed by atoms with van der Waals surface area (Å²) in [6.07, 6.45) is 11.0. The lowest BCUT2D eigenvalue weighted by Crippen LogP contribution is -2.47. The fraction of sp³-hybridized carbons (Fsp3) is 0.667. The average Bonchev–Trinajstić information content (AvgIpc) is 2.61. The van der Waals surface area contributed by atoms with E-state index in [2.05, 4.69) is 22.5 Å². The summed E-state index contributed by atoms with van der Waals surface area (Å²) in [5.41, 5.74) is 1.06. The zero-order valence-corrected chi connectivity index (χ0v) is 14.0. The minimum Gasteiger partial charge on any atom is -0.396 e. The van der Waals surface area contributed by atoms with E-state index < -0.39 is 0 Å². The Hall–Kier alpha value is -1.62. The van der Waals surface area contributed by atoms with Crippen LogP contribution in [-0.2, 0) is 0 Å². The van der Waals surface area contributed by atoms with Crippen LogP contribution in [-0.4, -0.2) is 28.8 Å². The van der Waals surface area contributed by atoms with Crippen LogP contribution in [0.4, 0.5) is 4.79 Å². The number of hydrogen-bond acceptors (Lipinski definition) is 3. The van der Waals surface area contributed by atoms with Gasteiger partial charge in [-0.15, -0.1) is 0 Å². The van der Waals surface area contributed by atoms with Gasteiger partial charge in [0.05, 0.1) is 6.04 Å². The van der Waals surface area contributed by atoms with E-state index in [0.717, 1.165) is 24.8 Å². The van der Waals surface area contributed by atoms with Crippen LogP contribution >= 0.6 is 0 Å². The molecule has 1 aliphatic rings. The Balaban J connectivity index is 1.92. The topological polar surface area (TPSA) is 74.2 Å². The molecule has 128 valence electrons. The summed E-state index contributed by atoms with van der Waals surface area (Å²) in [6, 6.07) is 3.77. The lowest BCUT2D eigenvalue weighted by molar-refractivity contribution is 0.194. The third-order valence-corrected chi connectivity index (χ3v) is 4.80. The number of pyridine rings is 1. The normalized spacial score (nSPS) is 18.2. The molecule has 0 radical (unpaired) electrons. The smallest absolute Gasteiger partial charge is 0.315 e. The Kier molecular flexibility index (Phi) is 7.33. The Bertz CT molecular complexity index is 461. The summed E-state index contributed by atoms with van der Waals surface area (Å²) in [4.78, 5) is 16.4. The molecule has 3 N–H and O–H groups in total. The second kappa shape index (κ2) is 9.50. The molecule has 0 saturated heterocycles. The highest BCUT2D eigenvalue weighted by Gasteiger charge is 2.25. The highest BCUT2D eigenvalue weighted by Crippen LogP contribution is 2.27. The van der Waals surface area contributed by atoms with Crippen LogP contribution < -0.4 is 10.6 Å². The van der Waals surface area contributed by atoms with E-state index >= 15 is 0 Å². The Morgan fingerprint density at radius 3 is 2.57 bits per heavy atom. The van der Waals surface area contributed by atoms with Crippen molar-refractivity contribution in [2.45, 2.75) is 64.0 Å². The van der Waals surface area contributed by atoms with Crippen molar-refractivity contribution in [3.63, 3.8) is 0 Å². The number of hydrogen-bond donors (Lipinski definition) is 3. The van der Waals surface area contributed by atoms with Gasteiger partial charge in [-0.25, -0.2) is 4.79 Å². The SMILES string of the molecule is CC[C@H](NC(=O)N[C@H](CCO)C1CCCCC1)c1ccncc1. The molecule has 0 aliphatic heterocycles. The summed E-state index contributed by atoms with van der Waals surface area (Å²) in [6.45, 7) is 2.17. The van der Waals surface area contributed by atoms with Crippen LogP contribution in [0.5, 0.6) is 0 Å². The van der Waals surface area contributed by atoms with Crippen LogP contribution in [0.25, 0.3) is 0 Å². The molecule has 1 aromatic rings. The molecular formula is C18H29N3O2. The number of nitrogens with one attached hydrogen (secondary N) is 2. The molecule has 0 spiro atoms. The number of carbonyl (C=O) groups is 1. The number of rotatable bonds is 7.